The highest BCUT2D eigenvalue weighted by Gasteiger charge is 2.22. The summed E-state index contributed by atoms with van der Waals surface area (Å²) in [6.07, 6.45) is 0. The Bertz CT molecular complexity index is 365. The van der Waals surface area contributed by atoms with Crippen LogP contribution in [0.4, 0.5) is 0 Å². The first-order chi connectivity index (χ1) is 7.49. The second kappa shape index (κ2) is 5.57. The molecule has 0 fully saturated rings. The molecule has 0 heterocycles. The third-order valence-corrected chi connectivity index (χ3v) is 3.07. The highest BCUT2D eigenvalue weighted by Crippen LogP contribution is 2.22. The van der Waals surface area contributed by atoms with Gasteiger partial charge in [-0.15, -0.1) is 11.6 Å². The summed E-state index contributed by atoms with van der Waals surface area (Å²) in [5, 5.41) is 8.29. The SMILES string of the molecule is CC(C)(NC(=O)CCl)c1ccc(SN)cc1. The van der Waals surface area contributed by atoms with E-state index in [0.717, 1.165) is 10.5 Å². The van der Waals surface area contributed by atoms with Gasteiger partial charge in [-0.1, -0.05) is 12.1 Å². The van der Waals surface area contributed by atoms with Crippen LogP contribution in [-0.4, -0.2) is 11.8 Å². The summed E-state index contributed by atoms with van der Waals surface area (Å²) < 4.78 is 0. The van der Waals surface area contributed by atoms with E-state index in [0.29, 0.717) is 0 Å². The molecule has 5 heteroatoms. The van der Waals surface area contributed by atoms with Gasteiger partial charge in [0.1, 0.15) is 5.88 Å². The fraction of sp³-hybridized carbons (Fsp3) is 0.364. The third kappa shape index (κ3) is 3.40. The van der Waals surface area contributed by atoms with E-state index in [1.807, 2.05) is 38.1 Å². The lowest BCUT2D eigenvalue weighted by Crippen LogP contribution is -2.41. The van der Waals surface area contributed by atoms with Crippen molar-refractivity contribution < 1.29 is 4.79 Å². The van der Waals surface area contributed by atoms with Crippen LogP contribution in [0, 0.1) is 0 Å². The van der Waals surface area contributed by atoms with E-state index in [-0.39, 0.29) is 11.8 Å². The average Bonchev–Trinajstić information content (AvgIpc) is 2.28. The van der Waals surface area contributed by atoms with Crippen molar-refractivity contribution in [2.24, 2.45) is 5.14 Å². The van der Waals surface area contributed by atoms with Gasteiger partial charge in [0.05, 0.1) is 5.54 Å². The fourth-order valence-electron chi connectivity index (χ4n) is 1.40. The van der Waals surface area contributed by atoms with Crippen molar-refractivity contribution in [1.82, 2.24) is 5.32 Å². The van der Waals surface area contributed by atoms with Crippen molar-refractivity contribution in [3.05, 3.63) is 29.8 Å². The maximum Gasteiger partial charge on any atom is 0.235 e. The minimum absolute atomic E-state index is 0.0276. The molecule has 0 saturated carbocycles. The molecule has 0 saturated heterocycles. The van der Waals surface area contributed by atoms with Gasteiger partial charge in [0.15, 0.2) is 0 Å². The van der Waals surface area contributed by atoms with Crippen molar-refractivity contribution >= 4 is 29.5 Å². The number of benzene rings is 1. The molecule has 16 heavy (non-hydrogen) atoms. The van der Waals surface area contributed by atoms with Gasteiger partial charge in [-0.3, -0.25) is 9.93 Å². The van der Waals surface area contributed by atoms with Crippen molar-refractivity contribution in [1.29, 1.82) is 0 Å². The van der Waals surface area contributed by atoms with E-state index in [1.165, 1.54) is 11.9 Å². The summed E-state index contributed by atoms with van der Waals surface area (Å²) in [6.45, 7) is 3.87. The van der Waals surface area contributed by atoms with Gasteiger partial charge < -0.3 is 5.32 Å². The minimum atomic E-state index is -0.427. The molecule has 3 nitrogen and oxygen atoms in total. The zero-order valence-corrected chi connectivity index (χ0v) is 10.9. The molecule has 3 N–H and O–H groups in total. The Morgan fingerprint density at radius 3 is 2.44 bits per heavy atom. The number of rotatable bonds is 4. The minimum Gasteiger partial charge on any atom is -0.346 e. The van der Waals surface area contributed by atoms with Gasteiger partial charge in [-0.2, -0.15) is 0 Å². The highest BCUT2D eigenvalue weighted by atomic mass is 35.5. The lowest BCUT2D eigenvalue weighted by molar-refractivity contribution is -0.120. The number of amides is 1. The summed E-state index contributed by atoms with van der Waals surface area (Å²) in [5.41, 5.74) is 0.591. The van der Waals surface area contributed by atoms with Crippen LogP contribution in [0.2, 0.25) is 0 Å². The summed E-state index contributed by atoms with van der Waals surface area (Å²) in [7, 11) is 0. The quantitative estimate of drug-likeness (QED) is 0.643. The monoisotopic (exact) mass is 258 g/mol. The summed E-state index contributed by atoms with van der Waals surface area (Å²) in [4.78, 5) is 12.2. The summed E-state index contributed by atoms with van der Waals surface area (Å²) in [6, 6.07) is 7.75. The Morgan fingerprint density at radius 1 is 1.44 bits per heavy atom. The van der Waals surface area contributed by atoms with Gasteiger partial charge in [0.2, 0.25) is 5.91 Å². The van der Waals surface area contributed by atoms with E-state index in [2.05, 4.69) is 5.32 Å². The van der Waals surface area contributed by atoms with Crippen LogP contribution >= 0.6 is 23.5 Å². The fourth-order valence-corrected chi connectivity index (χ4v) is 1.76. The first-order valence-electron chi connectivity index (χ1n) is 4.84. The van der Waals surface area contributed by atoms with Crippen LogP contribution < -0.4 is 10.5 Å². The van der Waals surface area contributed by atoms with Gasteiger partial charge in [-0.25, -0.2) is 0 Å². The maximum atomic E-state index is 11.3. The average molecular weight is 259 g/mol. The number of hydrogen-bond acceptors (Lipinski definition) is 3. The van der Waals surface area contributed by atoms with Crippen LogP contribution in [0.15, 0.2) is 29.2 Å². The second-order valence-corrected chi connectivity index (χ2v) is 4.92. The van der Waals surface area contributed by atoms with Crippen LogP contribution in [0.25, 0.3) is 0 Å². The van der Waals surface area contributed by atoms with E-state index in [9.17, 15) is 4.79 Å². The predicted molar refractivity (Wildman–Crippen MR) is 68.4 cm³/mol. The normalized spacial score (nSPS) is 11.2. The van der Waals surface area contributed by atoms with Gasteiger partial charge >= 0.3 is 0 Å². The second-order valence-electron chi connectivity index (χ2n) is 3.95. The van der Waals surface area contributed by atoms with Crippen LogP contribution in [0.3, 0.4) is 0 Å². The van der Waals surface area contributed by atoms with Crippen molar-refractivity contribution in [2.75, 3.05) is 5.88 Å². The molecule has 0 aliphatic heterocycles. The molecule has 0 spiro atoms. The maximum absolute atomic E-state index is 11.3. The molecule has 1 rings (SSSR count). The van der Waals surface area contributed by atoms with Crippen LogP contribution in [-0.2, 0) is 10.3 Å². The number of carbonyl (C=O) groups excluding carboxylic acids is 1. The number of halogens is 1. The van der Waals surface area contributed by atoms with E-state index >= 15 is 0 Å². The smallest absolute Gasteiger partial charge is 0.235 e. The van der Waals surface area contributed by atoms with Gasteiger partial charge in [0.25, 0.3) is 0 Å². The molecule has 0 aliphatic carbocycles. The van der Waals surface area contributed by atoms with Crippen molar-refractivity contribution in [3.63, 3.8) is 0 Å². The lowest BCUT2D eigenvalue weighted by Gasteiger charge is -2.26. The summed E-state index contributed by atoms with van der Waals surface area (Å²) >= 11 is 6.66. The van der Waals surface area contributed by atoms with Gasteiger partial charge in [-0.05, 0) is 43.5 Å². The molecule has 0 atom stereocenters. The molecule has 0 aromatic heterocycles. The number of alkyl halides is 1. The highest BCUT2D eigenvalue weighted by molar-refractivity contribution is 7.97. The standard InChI is InChI=1S/C11H15ClN2OS/c1-11(2,14-10(15)7-12)8-3-5-9(16-13)6-4-8/h3-6H,7,13H2,1-2H3,(H,14,15). The molecular formula is C11H15ClN2OS. The number of nitrogens with one attached hydrogen (secondary N) is 1. The topological polar surface area (TPSA) is 55.1 Å². The molecule has 1 aromatic carbocycles. The number of carbonyl (C=O) groups is 1. The Balaban J connectivity index is 2.84. The Morgan fingerprint density at radius 2 is 2.00 bits per heavy atom. The van der Waals surface area contributed by atoms with Gasteiger partial charge in [0, 0.05) is 4.90 Å². The molecule has 1 aromatic rings. The Kier molecular flexibility index (Phi) is 4.65. The molecule has 0 radical (unpaired) electrons. The third-order valence-electron chi connectivity index (χ3n) is 2.29. The first kappa shape index (κ1) is 13.4. The molecule has 1 amide bonds. The lowest BCUT2D eigenvalue weighted by atomic mass is 9.94. The van der Waals surface area contributed by atoms with Crippen LogP contribution in [0.5, 0.6) is 0 Å². The molecule has 88 valence electrons. The zero-order chi connectivity index (χ0) is 12.2. The largest absolute Gasteiger partial charge is 0.346 e. The number of hydrogen-bond donors (Lipinski definition) is 2. The van der Waals surface area contributed by atoms with Crippen molar-refractivity contribution in [3.8, 4) is 0 Å². The number of nitrogens with two attached hydrogens (primary N) is 1. The molecule has 0 aliphatic rings. The molecule has 0 unspecified atom stereocenters. The molecule has 0 bridgehead atoms. The first-order valence-corrected chi connectivity index (χ1v) is 6.25. The zero-order valence-electron chi connectivity index (χ0n) is 9.29. The predicted octanol–water partition coefficient (Wildman–Crippen LogP) is 2.24. The van der Waals surface area contributed by atoms with Crippen LogP contribution in [0.1, 0.15) is 19.4 Å². The molecular weight excluding hydrogens is 244 g/mol. The van der Waals surface area contributed by atoms with E-state index in [1.54, 1.807) is 0 Å². The van der Waals surface area contributed by atoms with E-state index in [4.69, 9.17) is 16.7 Å². The van der Waals surface area contributed by atoms with Crippen molar-refractivity contribution in [2.45, 2.75) is 24.3 Å². The van der Waals surface area contributed by atoms with E-state index < -0.39 is 5.54 Å². The Hall–Kier alpha value is -0.710. The Labute approximate surface area is 105 Å². The summed E-state index contributed by atoms with van der Waals surface area (Å²) in [5.74, 6) is -0.205.